The normalized spacial score (nSPS) is 22.6. The molecule has 2 rings (SSSR count). The van der Waals surface area contributed by atoms with Gasteiger partial charge >= 0.3 is 5.97 Å². The Morgan fingerprint density at radius 2 is 2.08 bits per heavy atom. The monoisotopic (exact) mass is 377 g/mol. The fraction of sp³-hybridized carbons (Fsp3) is 0.533. The number of esters is 1. The molecule has 0 fully saturated rings. The summed E-state index contributed by atoms with van der Waals surface area (Å²) in [5.41, 5.74) is -0.673. The highest BCUT2D eigenvalue weighted by atomic mass is 35.5. The van der Waals surface area contributed by atoms with Crippen molar-refractivity contribution in [1.82, 2.24) is 4.31 Å². The lowest BCUT2D eigenvalue weighted by Crippen LogP contribution is -2.55. The Morgan fingerprint density at radius 3 is 2.62 bits per heavy atom. The highest BCUT2D eigenvalue weighted by molar-refractivity contribution is 7.88. The summed E-state index contributed by atoms with van der Waals surface area (Å²) in [7, 11) is -2.67. The highest BCUT2D eigenvalue weighted by Gasteiger charge is 2.48. The van der Waals surface area contributed by atoms with Crippen LogP contribution in [0.3, 0.4) is 0 Å². The van der Waals surface area contributed by atoms with Crippen molar-refractivity contribution in [3.05, 3.63) is 28.8 Å². The molecular weight excluding hydrogens is 358 g/mol. The van der Waals surface area contributed by atoms with Crippen molar-refractivity contribution in [2.75, 3.05) is 19.9 Å². The van der Waals surface area contributed by atoms with Crippen LogP contribution in [0.15, 0.2) is 18.2 Å². The molecule has 134 valence electrons. The number of rotatable bonds is 4. The molecule has 2 atom stereocenters. The standard InChI is InChI=1S/C15H20ClNO6S/c1-15(2)14(19)13(10-7-9(16)5-6-11(10)23-15)17(24(4,20)21)8-12(18)22-3/h5-7,13-14,19H,8H2,1-4H3. The van der Waals surface area contributed by atoms with Gasteiger partial charge in [0.15, 0.2) is 0 Å². The van der Waals surface area contributed by atoms with Crippen molar-refractivity contribution in [2.45, 2.75) is 31.6 Å². The first-order valence-electron chi connectivity index (χ1n) is 7.17. The lowest BCUT2D eigenvalue weighted by molar-refractivity contribution is -0.143. The Labute approximate surface area is 146 Å². The first-order valence-corrected chi connectivity index (χ1v) is 9.40. The van der Waals surface area contributed by atoms with E-state index in [1.54, 1.807) is 26.0 Å². The largest absolute Gasteiger partial charge is 0.485 e. The van der Waals surface area contributed by atoms with E-state index in [1.807, 2.05) is 0 Å². The van der Waals surface area contributed by atoms with E-state index in [1.165, 1.54) is 6.07 Å². The van der Waals surface area contributed by atoms with Crippen LogP contribution in [0.4, 0.5) is 0 Å². The zero-order valence-corrected chi connectivity index (χ0v) is 15.4. The SMILES string of the molecule is COC(=O)CN(C1c2cc(Cl)ccc2OC(C)(C)C1O)S(C)(=O)=O. The quantitative estimate of drug-likeness (QED) is 0.796. The maximum Gasteiger partial charge on any atom is 0.321 e. The molecular formula is C15H20ClNO6S. The van der Waals surface area contributed by atoms with Gasteiger partial charge in [-0.05, 0) is 32.0 Å². The molecule has 7 nitrogen and oxygen atoms in total. The third kappa shape index (κ3) is 3.66. The highest BCUT2D eigenvalue weighted by Crippen LogP contribution is 2.44. The molecule has 0 saturated carbocycles. The van der Waals surface area contributed by atoms with E-state index < -0.39 is 40.3 Å². The molecule has 1 heterocycles. The first-order chi connectivity index (χ1) is 11.0. The van der Waals surface area contributed by atoms with Crippen molar-refractivity contribution in [3.8, 4) is 5.75 Å². The van der Waals surface area contributed by atoms with Gasteiger partial charge in [-0.2, -0.15) is 4.31 Å². The number of hydrogen-bond donors (Lipinski definition) is 1. The number of aliphatic hydroxyl groups is 1. The van der Waals surface area contributed by atoms with Gasteiger partial charge in [0.2, 0.25) is 10.0 Å². The second kappa shape index (κ2) is 6.51. The molecule has 1 N–H and O–H groups in total. The molecule has 1 aliphatic heterocycles. The van der Waals surface area contributed by atoms with Crippen LogP contribution in [-0.2, 0) is 19.6 Å². The molecule has 9 heteroatoms. The summed E-state index contributed by atoms with van der Waals surface area (Å²) in [4.78, 5) is 11.7. The van der Waals surface area contributed by atoms with E-state index in [0.717, 1.165) is 17.7 Å². The number of nitrogens with zero attached hydrogens (tertiary/aromatic N) is 1. The van der Waals surface area contributed by atoms with Crippen molar-refractivity contribution < 1.29 is 27.8 Å². The van der Waals surface area contributed by atoms with Gasteiger partial charge in [-0.25, -0.2) is 8.42 Å². The second-order valence-corrected chi connectivity index (χ2v) is 8.53. The Morgan fingerprint density at radius 1 is 1.46 bits per heavy atom. The molecule has 2 unspecified atom stereocenters. The van der Waals surface area contributed by atoms with Gasteiger partial charge in [-0.1, -0.05) is 11.6 Å². The lowest BCUT2D eigenvalue weighted by atomic mass is 9.86. The molecule has 0 aliphatic carbocycles. The number of methoxy groups -OCH3 is 1. The predicted molar refractivity (Wildman–Crippen MR) is 88.5 cm³/mol. The van der Waals surface area contributed by atoms with E-state index in [-0.39, 0.29) is 0 Å². The average Bonchev–Trinajstić information content (AvgIpc) is 2.46. The van der Waals surface area contributed by atoms with Crippen molar-refractivity contribution in [2.24, 2.45) is 0 Å². The molecule has 0 spiro atoms. The lowest BCUT2D eigenvalue weighted by Gasteiger charge is -2.45. The zero-order valence-electron chi connectivity index (χ0n) is 13.8. The van der Waals surface area contributed by atoms with Crippen LogP contribution in [0, 0.1) is 0 Å². The average molecular weight is 378 g/mol. The third-order valence-corrected chi connectivity index (χ3v) is 5.37. The summed E-state index contributed by atoms with van der Waals surface area (Å²) < 4.78 is 35.8. The molecule has 1 aromatic rings. The zero-order chi connectivity index (χ0) is 18.3. The van der Waals surface area contributed by atoms with Gasteiger partial charge in [-0.15, -0.1) is 0 Å². The summed E-state index contributed by atoms with van der Waals surface area (Å²) in [6.45, 7) is 2.75. The summed E-state index contributed by atoms with van der Waals surface area (Å²) in [5.74, 6) is -0.335. The van der Waals surface area contributed by atoms with Gasteiger partial charge in [-0.3, -0.25) is 4.79 Å². The molecule has 0 aromatic heterocycles. The number of aliphatic hydroxyl groups excluding tert-OH is 1. The Bertz CT molecular complexity index is 748. The minimum absolute atomic E-state index is 0.362. The van der Waals surface area contributed by atoms with Gasteiger partial charge in [0.1, 0.15) is 24.0 Å². The summed E-state index contributed by atoms with van der Waals surface area (Å²) in [5, 5.41) is 11.1. The van der Waals surface area contributed by atoms with Crippen LogP contribution < -0.4 is 4.74 Å². The van der Waals surface area contributed by atoms with E-state index in [9.17, 15) is 18.3 Å². The maximum absolute atomic E-state index is 12.3. The number of carbonyl (C=O) groups is 1. The van der Waals surface area contributed by atoms with Gasteiger partial charge in [0.05, 0.1) is 19.4 Å². The number of hydrogen-bond acceptors (Lipinski definition) is 6. The number of carbonyl (C=O) groups excluding carboxylic acids is 1. The number of fused-ring (bicyclic) bond motifs is 1. The van der Waals surface area contributed by atoms with Crippen LogP contribution in [0.5, 0.6) is 5.75 Å². The van der Waals surface area contributed by atoms with Gasteiger partial charge in [0, 0.05) is 10.6 Å². The number of halogens is 1. The molecule has 0 saturated heterocycles. The van der Waals surface area contributed by atoms with Crippen LogP contribution in [0.25, 0.3) is 0 Å². The first kappa shape index (κ1) is 19.0. The number of ether oxygens (including phenoxy) is 2. The van der Waals surface area contributed by atoms with Gasteiger partial charge in [0.25, 0.3) is 0 Å². The predicted octanol–water partition coefficient (Wildman–Crippen LogP) is 1.35. The van der Waals surface area contributed by atoms with Crippen LogP contribution in [0.1, 0.15) is 25.5 Å². The molecule has 0 amide bonds. The van der Waals surface area contributed by atoms with Crippen LogP contribution in [-0.4, -0.2) is 55.4 Å². The minimum Gasteiger partial charge on any atom is -0.485 e. The number of sulfonamides is 1. The molecule has 1 aliphatic rings. The third-order valence-electron chi connectivity index (χ3n) is 3.92. The summed E-state index contributed by atoms with van der Waals surface area (Å²) in [6.07, 6.45) is -0.252. The second-order valence-electron chi connectivity index (χ2n) is 6.16. The van der Waals surface area contributed by atoms with E-state index in [4.69, 9.17) is 16.3 Å². The fourth-order valence-corrected chi connectivity index (χ4v) is 3.83. The molecule has 0 bridgehead atoms. The molecule has 24 heavy (non-hydrogen) atoms. The van der Waals surface area contributed by atoms with Crippen molar-refractivity contribution in [1.29, 1.82) is 0 Å². The topological polar surface area (TPSA) is 93.1 Å². The van der Waals surface area contributed by atoms with Crippen molar-refractivity contribution >= 4 is 27.6 Å². The Balaban J connectivity index is 2.63. The fourth-order valence-electron chi connectivity index (χ4n) is 2.66. The van der Waals surface area contributed by atoms with E-state index in [0.29, 0.717) is 16.3 Å². The minimum atomic E-state index is -3.83. The summed E-state index contributed by atoms with van der Waals surface area (Å²) in [6, 6.07) is 3.71. The van der Waals surface area contributed by atoms with Crippen LogP contribution in [0.2, 0.25) is 5.02 Å². The Hall–Kier alpha value is -1.35. The van der Waals surface area contributed by atoms with Gasteiger partial charge < -0.3 is 14.6 Å². The number of benzene rings is 1. The van der Waals surface area contributed by atoms with E-state index in [2.05, 4.69) is 4.74 Å². The van der Waals surface area contributed by atoms with E-state index >= 15 is 0 Å². The summed E-state index contributed by atoms with van der Waals surface area (Å²) >= 11 is 6.02. The van der Waals surface area contributed by atoms with Crippen molar-refractivity contribution in [3.63, 3.8) is 0 Å². The molecule has 1 aromatic carbocycles. The molecule has 0 radical (unpaired) electrons. The smallest absolute Gasteiger partial charge is 0.321 e. The Kier molecular flexibility index (Phi) is 5.15. The maximum atomic E-state index is 12.3. The van der Waals surface area contributed by atoms with Crippen LogP contribution >= 0.6 is 11.6 Å².